The van der Waals surface area contributed by atoms with Crippen molar-refractivity contribution >= 4 is 0 Å². The molecule has 0 saturated heterocycles. The largest absolute Gasteiger partial charge is 0.372 e. The molecule has 5 fully saturated rings. The summed E-state index contributed by atoms with van der Waals surface area (Å²) in [6.45, 7) is 5.98. The number of hydrogen-bond donors (Lipinski definition) is 0. The van der Waals surface area contributed by atoms with Crippen LogP contribution < -0.4 is 0 Å². The second kappa shape index (κ2) is 3.46. The molecule has 0 aromatic carbocycles. The summed E-state index contributed by atoms with van der Waals surface area (Å²) in [5.74, 6) is 0.526. The van der Waals surface area contributed by atoms with Crippen molar-refractivity contribution in [3.8, 4) is 24.3 Å². The van der Waals surface area contributed by atoms with E-state index < -0.39 is 10.8 Å². The van der Waals surface area contributed by atoms with Crippen molar-refractivity contribution < 1.29 is 4.74 Å². The van der Waals surface area contributed by atoms with E-state index in [0.29, 0.717) is 5.92 Å². The Morgan fingerprint density at radius 3 is 1.45 bits per heavy atom. The molecule has 5 saturated carbocycles. The van der Waals surface area contributed by atoms with E-state index in [0.717, 1.165) is 0 Å². The molecule has 5 aliphatic rings. The second-order valence-corrected chi connectivity index (χ2v) is 8.12. The van der Waals surface area contributed by atoms with Crippen LogP contribution in [0.4, 0.5) is 0 Å². The third-order valence-electron chi connectivity index (χ3n) is 6.43. The normalized spacial score (nSPS) is 47.1. The fourth-order valence-corrected chi connectivity index (χ4v) is 6.13. The molecule has 5 rings (SSSR count). The van der Waals surface area contributed by atoms with Gasteiger partial charge in [-0.05, 0) is 44.4 Å². The molecular weight excluding hydrogens is 276 g/mol. The number of hydrogen-bond acceptors (Lipinski definition) is 5. The van der Waals surface area contributed by atoms with E-state index in [9.17, 15) is 21.0 Å². The number of ether oxygens (including phenoxy) is 1. The van der Waals surface area contributed by atoms with Crippen LogP contribution in [0.5, 0.6) is 0 Å². The van der Waals surface area contributed by atoms with Crippen LogP contribution in [0.2, 0.25) is 0 Å². The van der Waals surface area contributed by atoms with E-state index in [4.69, 9.17) is 4.74 Å². The summed E-state index contributed by atoms with van der Waals surface area (Å²) in [5, 5.41) is 38.8. The highest BCUT2D eigenvalue weighted by Crippen LogP contribution is 2.89. The van der Waals surface area contributed by atoms with Crippen molar-refractivity contribution in [1.82, 2.24) is 0 Å². The molecule has 0 unspecified atom stereocenters. The van der Waals surface area contributed by atoms with Crippen molar-refractivity contribution in [1.29, 1.82) is 21.0 Å². The fourth-order valence-electron chi connectivity index (χ4n) is 6.13. The van der Waals surface area contributed by atoms with E-state index in [1.807, 2.05) is 20.8 Å². The van der Waals surface area contributed by atoms with Gasteiger partial charge in [0.15, 0.2) is 10.8 Å². The zero-order valence-electron chi connectivity index (χ0n) is 12.7. The van der Waals surface area contributed by atoms with Gasteiger partial charge in [-0.3, -0.25) is 0 Å². The Hall–Kier alpha value is -2.08. The van der Waals surface area contributed by atoms with E-state index in [2.05, 4.69) is 24.3 Å². The SMILES string of the molecule is CC(C)(C)O[C@H]1C2[C@H]3[C@H]2[C@H]2C1[C@H]3C(C#N)(C#N)C2(C#N)C#N. The minimum atomic E-state index is -1.50. The number of rotatable bonds is 1. The maximum atomic E-state index is 9.71. The van der Waals surface area contributed by atoms with Crippen LogP contribution >= 0.6 is 0 Å². The monoisotopic (exact) mass is 292 g/mol. The molecule has 0 aliphatic heterocycles. The van der Waals surface area contributed by atoms with Crippen LogP contribution in [0.15, 0.2) is 0 Å². The highest BCUT2D eigenvalue weighted by atomic mass is 16.5. The van der Waals surface area contributed by atoms with E-state index in [1.54, 1.807) is 0 Å². The quantitative estimate of drug-likeness (QED) is 0.735. The van der Waals surface area contributed by atoms with Crippen molar-refractivity contribution in [2.45, 2.75) is 32.5 Å². The van der Waals surface area contributed by atoms with Gasteiger partial charge >= 0.3 is 0 Å². The second-order valence-electron chi connectivity index (χ2n) is 8.12. The average Bonchev–Trinajstić information content (AvgIpc) is 2.72. The molecule has 0 radical (unpaired) electrons. The zero-order chi connectivity index (χ0) is 16.1. The minimum Gasteiger partial charge on any atom is -0.372 e. The molecule has 0 N–H and O–H groups in total. The third-order valence-corrected chi connectivity index (χ3v) is 6.43. The van der Waals surface area contributed by atoms with Crippen molar-refractivity contribution in [2.75, 3.05) is 0 Å². The lowest BCUT2D eigenvalue weighted by Gasteiger charge is -2.34. The van der Waals surface area contributed by atoms with Gasteiger partial charge < -0.3 is 4.74 Å². The molecule has 5 nitrogen and oxygen atoms in total. The van der Waals surface area contributed by atoms with Gasteiger partial charge in [-0.1, -0.05) is 0 Å². The van der Waals surface area contributed by atoms with Gasteiger partial charge in [-0.25, -0.2) is 0 Å². The molecule has 0 spiro atoms. The van der Waals surface area contributed by atoms with Crippen molar-refractivity contribution in [3.63, 3.8) is 0 Å². The first-order chi connectivity index (χ1) is 10.3. The van der Waals surface area contributed by atoms with Crippen molar-refractivity contribution in [3.05, 3.63) is 0 Å². The molecule has 5 aliphatic carbocycles. The lowest BCUT2D eigenvalue weighted by Crippen LogP contribution is -2.44. The van der Waals surface area contributed by atoms with Gasteiger partial charge in [0.25, 0.3) is 0 Å². The summed E-state index contributed by atoms with van der Waals surface area (Å²) in [5.41, 5.74) is -3.31. The predicted octanol–water partition coefficient (Wildman–Crippen LogP) is 1.99. The molecule has 0 aromatic rings. The van der Waals surface area contributed by atoms with Crippen LogP contribution in [0.25, 0.3) is 0 Å². The average molecular weight is 292 g/mol. The Morgan fingerprint density at radius 2 is 1.14 bits per heavy atom. The van der Waals surface area contributed by atoms with Gasteiger partial charge in [0, 0.05) is 11.8 Å². The van der Waals surface area contributed by atoms with Crippen LogP contribution in [-0.4, -0.2) is 11.7 Å². The summed E-state index contributed by atoms with van der Waals surface area (Å²) in [6, 6.07) is 8.35. The number of nitrogens with zero attached hydrogens (tertiary/aromatic N) is 4. The minimum absolute atomic E-state index is 0.00201. The van der Waals surface area contributed by atoms with E-state index in [1.165, 1.54) is 0 Å². The Bertz CT molecular complexity index is 657. The van der Waals surface area contributed by atoms with Gasteiger partial charge in [-0.15, -0.1) is 0 Å². The van der Waals surface area contributed by atoms with Crippen LogP contribution in [0.3, 0.4) is 0 Å². The van der Waals surface area contributed by atoms with Crippen molar-refractivity contribution in [2.24, 2.45) is 46.3 Å². The van der Waals surface area contributed by atoms with Gasteiger partial charge in [0.05, 0.1) is 36.0 Å². The Morgan fingerprint density at radius 1 is 0.727 bits per heavy atom. The molecule has 6 bridgehead atoms. The zero-order valence-corrected chi connectivity index (χ0v) is 12.7. The van der Waals surface area contributed by atoms with Gasteiger partial charge in [0.2, 0.25) is 0 Å². The Labute approximate surface area is 129 Å². The standard InChI is InChI=1S/C17H16N4O/c1-15(2,3)22-14-10-8-9(10)13-11(14)12(8)16(4-18,5-19)17(13,6-20)7-21/h8-14H,1-3H3/t8-,9-,10?,11?,12+,13+,14+/m1/s1. The van der Waals surface area contributed by atoms with E-state index in [-0.39, 0.29) is 41.3 Å². The number of nitriles is 4. The maximum Gasteiger partial charge on any atom is 0.179 e. The lowest BCUT2D eigenvalue weighted by molar-refractivity contribution is -0.0811. The molecule has 0 heterocycles. The summed E-state index contributed by atoms with van der Waals surface area (Å²) < 4.78 is 6.21. The maximum absolute atomic E-state index is 9.71. The predicted molar refractivity (Wildman–Crippen MR) is 72.9 cm³/mol. The van der Waals surface area contributed by atoms with Crippen LogP contribution in [0, 0.1) is 91.7 Å². The molecule has 110 valence electrons. The van der Waals surface area contributed by atoms with Gasteiger partial charge in [-0.2, -0.15) is 21.0 Å². The lowest BCUT2D eigenvalue weighted by atomic mass is 9.58. The first-order valence-electron chi connectivity index (χ1n) is 7.66. The summed E-state index contributed by atoms with van der Waals surface area (Å²) in [6.07, 6.45) is -0.0188. The molecule has 0 aromatic heterocycles. The van der Waals surface area contributed by atoms with Crippen LogP contribution in [0.1, 0.15) is 20.8 Å². The van der Waals surface area contributed by atoms with E-state index >= 15 is 0 Å². The fraction of sp³-hybridized carbons (Fsp3) is 0.765. The molecular formula is C17H16N4O. The molecule has 5 atom stereocenters. The topological polar surface area (TPSA) is 104 Å². The van der Waals surface area contributed by atoms with Crippen LogP contribution in [-0.2, 0) is 4.74 Å². The molecule has 5 heteroatoms. The first kappa shape index (κ1) is 13.6. The highest BCUT2D eigenvalue weighted by Gasteiger charge is 2.93. The third kappa shape index (κ3) is 1.05. The summed E-state index contributed by atoms with van der Waals surface area (Å²) in [7, 11) is 0. The molecule has 0 amide bonds. The molecule has 22 heavy (non-hydrogen) atoms. The summed E-state index contributed by atoms with van der Waals surface area (Å²) >= 11 is 0. The Balaban J connectivity index is 1.85. The first-order valence-corrected chi connectivity index (χ1v) is 7.66. The summed E-state index contributed by atoms with van der Waals surface area (Å²) in [4.78, 5) is 0. The highest BCUT2D eigenvalue weighted by molar-refractivity contribution is 5.51. The smallest absolute Gasteiger partial charge is 0.179 e. The Kier molecular flexibility index (Phi) is 2.13. The van der Waals surface area contributed by atoms with Gasteiger partial charge in [0.1, 0.15) is 0 Å².